The van der Waals surface area contributed by atoms with Gasteiger partial charge >= 0.3 is 0 Å². The zero-order valence-electron chi connectivity index (χ0n) is 11.9. The molecule has 0 saturated carbocycles. The predicted molar refractivity (Wildman–Crippen MR) is 87.8 cm³/mol. The van der Waals surface area contributed by atoms with Gasteiger partial charge in [0.2, 0.25) is 0 Å². The van der Waals surface area contributed by atoms with E-state index in [2.05, 4.69) is 15.1 Å². The Morgan fingerprint density at radius 1 is 1.23 bits per heavy atom. The van der Waals surface area contributed by atoms with Crippen LogP contribution in [-0.4, -0.2) is 20.9 Å². The number of pyridine rings is 1. The van der Waals surface area contributed by atoms with Gasteiger partial charge in [-0.2, -0.15) is 9.78 Å². The number of aryl methyl sites for hydroxylation is 2. The monoisotopic (exact) mass is 310 g/mol. The molecule has 0 unspecified atom stereocenters. The van der Waals surface area contributed by atoms with Crippen LogP contribution in [0, 0.1) is 0 Å². The van der Waals surface area contributed by atoms with Crippen molar-refractivity contribution in [2.75, 3.05) is 0 Å². The molecule has 1 aliphatic carbocycles. The largest absolute Gasteiger partial charge is 0.282 e. The summed E-state index contributed by atoms with van der Waals surface area (Å²) in [6.45, 7) is 0. The van der Waals surface area contributed by atoms with Gasteiger partial charge in [-0.1, -0.05) is 6.07 Å². The Balaban J connectivity index is 1.81. The standard InChI is InChI=1S/C16H14N4OS/c21-16-14-12-6-1-2-7-13(12)22-15(14)18-10-20(16)19-9-11-5-3-4-8-17-11/h3-5,8-10H,1-2,6-7H2. The van der Waals surface area contributed by atoms with E-state index >= 15 is 0 Å². The van der Waals surface area contributed by atoms with Gasteiger partial charge < -0.3 is 0 Å². The van der Waals surface area contributed by atoms with Gasteiger partial charge in [0.15, 0.2) is 0 Å². The minimum Gasteiger partial charge on any atom is -0.267 e. The molecule has 3 aromatic heterocycles. The van der Waals surface area contributed by atoms with Gasteiger partial charge in [-0.05, 0) is 43.4 Å². The van der Waals surface area contributed by atoms with E-state index in [0.717, 1.165) is 29.5 Å². The molecule has 0 aromatic carbocycles. The Labute approximate surface area is 131 Å². The zero-order valence-corrected chi connectivity index (χ0v) is 12.7. The van der Waals surface area contributed by atoms with E-state index in [9.17, 15) is 4.79 Å². The normalized spacial score (nSPS) is 14.5. The van der Waals surface area contributed by atoms with Crippen LogP contribution < -0.4 is 5.56 Å². The van der Waals surface area contributed by atoms with Crippen LogP contribution in [0.5, 0.6) is 0 Å². The van der Waals surface area contributed by atoms with Crippen molar-refractivity contribution in [3.63, 3.8) is 0 Å². The molecule has 6 heteroatoms. The molecular weight excluding hydrogens is 296 g/mol. The Morgan fingerprint density at radius 3 is 3.00 bits per heavy atom. The summed E-state index contributed by atoms with van der Waals surface area (Å²) >= 11 is 1.65. The fourth-order valence-electron chi connectivity index (χ4n) is 2.79. The number of rotatable bonds is 2. The first-order valence-corrected chi connectivity index (χ1v) is 8.12. The van der Waals surface area contributed by atoms with Crippen molar-refractivity contribution >= 4 is 27.8 Å². The molecule has 0 fully saturated rings. The molecule has 0 N–H and O–H groups in total. The van der Waals surface area contributed by atoms with Gasteiger partial charge in [0.25, 0.3) is 5.56 Å². The van der Waals surface area contributed by atoms with E-state index in [1.54, 1.807) is 23.7 Å². The van der Waals surface area contributed by atoms with E-state index in [4.69, 9.17) is 0 Å². The molecule has 5 nitrogen and oxygen atoms in total. The van der Waals surface area contributed by atoms with Crippen LogP contribution in [0.4, 0.5) is 0 Å². The molecule has 0 saturated heterocycles. The molecule has 3 heterocycles. The predicted octanol–water partition coefficient (Wildman–Crippen LogP) is 2.61. The van der Waals surface area contributed by atoms with Crippen LogP contribution in [0.15, 0.2) is 40.6 Å². The summed E-state index contributed by atoms with van der Waals surface area (Å²) in [4.78, 5) is 23.4. The number of hydrogen-bond acceptors (Lipinski definition) is 5. The second kappa shape index (κ2) is 5.46. The van der Waals surface area contributed by atoms with E-state index in [1.165, 1.54) is 27.9 Å². The summed E-state index contributed by atoms with van der Waals surface area (Å²) in [5.41, 5.74) is 1.81. The number of hydrogen-bond donors (Lipinski definition) is 0. The van der Waals surface area contributed by atoms with Gasteiger partial charge in [0.05, 0.1) is 17.3 Å². The number of fused-ring (bicyclic) bond motifs is 3. The Kier molecular flexibility index (Phi) is 3.31. The van der Waals surface area contributed by atoms with Crippen molar-refractivity contribution in [1.29, 1.82) is 0 Å². The summed E-state index contributed by atoms with van der Waals surface area (Å²) in [5.74, 6) is 0. The third-order valence-corrected chi connectivity index (χ3v) is 5.06. The maximum absolute atomic E-state index is 12.7. The van der Waals surface area contributed by atoms with E-state index in [0.29, 0.717) is 5.69 Å². The second-order valence-corrected chi connectivity index (χ2v) is 6.37. The van der Waals surface area contributed by atoms with Gasteiger partial charge in [-0.3, -0.25) is 9.78 Å². The quantitative estimate of drug-likeness (QED) is 0.684. The maximum atomic E-state index is 12.7. The highest BCUT2D eigenvalue weighted by Gasteiger charge is 2.19. The van der Waals surface area contributed by atoms with Crippen molar-refractivity contribution in [3.05, 3.63) is 57.2 Å². The van der Waals surface area contributed by atoms with Crippen molar-refractivity contribution < 1.29 is 0 Å². The van der Waals surface area contributed by atoms with Crippen LogP contribution in [-0.2, 0) is 12.8 Å². The van der Waals surface area contributed by atoms with Crippen LogP contribution >= 0.6 is 11.3 Å². The Hall–Kier alpha value is -2.34. The Bertz CT molecular complexity index is 911. The summed E-state index contributed by atoms with van der Waals surface area (Å²) < 4.78 is 1.30. The first kappa shape index (κ1) is 13.3. The van der Waals surface area contributed by atoms with Crippen molar-refractivity contribution in [3.8, 4) is 0 Å². The molecule has 4 rings (SSSR count). The lowest BCUT2D eigenvalue weighted by atomic mass is 9.97. The second-order valence-electron chi connectivity index (χ2n) is 5.28. The molecule has 1 aliphatic rings. The van der Waals surface area contributed by atoms with Gasteiger partial charge in [0, 0.05) is 11.1 Å². The van der Waals surface area contributed by atoms with Crippen LogP contribution in [0.2, 0.25) is 0 Å². The van der Waals surface area contributed by atoms with Crippen LogP contribution in [0.3, 0.4) is 0 Å². The molecule has 0 radical (unpaired) electrons. The lowest BCUT2D eigenvalue weighted by molar-refractivity contribution is 0.699. The van der Waals surface area contributed by atoms with Gasteiger partial charge in [0.1, 0.15) is 11.2 Å². The first-order chi connectivity index (χ1) is 10.8. The topological polar surface area (TPSA) is 60.1 Å². The molecule has 0 aliphatic heterocycles. The minimum absolute atomic E-state index is 0.0865. The average molecular weight is 310 g/mol. The van der Waals surface area contributed by atoms with Crippen LogP contribution in [0.1, 0.15) is 29.0 Å². The average Bonchev–Trinajstić information content (AvgIpc) is 2.94. The van der Waals surface area contributed by atoms with Crippen LogP contribution in [0.25, 0.3) is 10.2 Å². The molecule has 0 atom stereocenters. The molecule has 0 spiro atoms. The third kappa shape index (κ3) is 2.25. The number of nitrogens with zero attached hydrogens (tertiary/aromatic N) is 4. The lowest BCUT2D eigenvalue weighted by Crippen LogP contribution is -2.18. The zero-order chi connectivity index (χ0) is 14.9. The van der Waals surface area contributed by atoms with Gasteiger partial charge in [-0.15, -0.1) is 11.3 Å². The summed E-state index contributed by atoms with van der Waals surface area (Å²) in [6.07, 6.45) is 9.14. The number of aromatic nitrogens is 3. The highest BCUT2D eigenvalue weighted by atomic mass is 32.1. The third-order valence-electron chi connectivity index (χ3n) is 3.86. The fourth-order valence-corrected chi connectivity index (χ4v) is 4.01. The highest BCUT2D eigenvalue weighted by molar-refractivity contribution is 7.18. The molecule has 22 heavy (non-hydrogen) atoms. The molecule has 0 bridgehead atoms. The lowest BCUT2D eigenvalue weighted by Gasteiger charge is -2.09. The SMILES string of the molecule is O=c1c2c3c(sc2ncn1N=Cc1ccccn1)CCCC3. The molecule has 0 amide bonds. The van der Waals surface area contributed by atoms with Crippen molar-refractivity contribution in [2.24, 2.45) is 5.10 Å². The van der Waals surface area contributed by atoms with E-state index in [-0.39, 0.29) is 5.56 Å². The minimum atomic E-state index is -0.0865. The first-order valence-electron chi connectivity index (χ1n) is 7.30. The maximum Gasteiger partial charge on any atom is 0.282 e. The molecular formula is C16H14N4OS. The summed E-state index contributed by atoms with van der Waals surface area (Å²) in [5, 5.41) is 4.96. The van der Waals surface area contributed by atoms with E-state index < -0.39 is 0 Å². The van der Waals surface area contributed by atoms with Crippen molar-refractivity contribution in [2.45, 2.75) is 25.7 Å². The molecule has 110 valence electrons. The molecule has 3 aromatic rings. The van der Waals surface area contributed by atoms with Crippen molar-refractivity contribution in [1.82, 2.24) is 14.6 Å². The number of thiophene rings is 1. The fraction of sp³-hybridized carbons (Fsp3) is 0.250. The summed E-state index contributed by atoms with van der Waals surface area (Å²) in [6, 6.07) is 5.57. The highest BCUT2D eigenvalue weighted by Crippen LogP contribution is 2.33. The summed E-state index contributed by atoms with van der Waals surface area (Å²) in [7, 11) is 0. The van der Waals surface area contributed by atoms with Gasteiger partial charge in [-0.25, -0.2) is 4.98 Å². The smallest absolute Gasteiger partial charge is 0.267 e. The van der Waals surface area contributed by atoms with E-state index in [1.807, 2.05) is 18.2 Å². The Morgan fingerprint density at radius 2 is 2.14 bits per heavy atom.